The lowest BCUT2D eigenvalue weighted by Gasteiger charge is -2.16. The number of hydrogen-bond acceptors (Lipinski definition) is 3. The molecule has 0 fully saturated rings. The van der Waals surface area contributed by atoms with Gasteiger partial charge in [-0.3, -0.25) is 4.79 Å². The number of benzene rings is 2. The first kappa shape index (κ1) is 18.6. The van der Waals surface area contributed by atoms with Gasteiger partial charge < -0.3 is 14.3 Å². The quantitative estimate of drug-likeness (QED) is 0.471. The van der Waals surface area contributed by atoms with E-state index in [4.69, 9.17) is 32.6 Å². The number of nitrogens with one attached hydrogen (secondary N) is 1. The van der Waals surface area contributed by atoms with Crippen molar-refractivity contribution in [2.45, 2.75) is 19.5 Å². The molecule has 0 aliphatic heterocycles. The van der Waals surface area contributed by atoms with Crippen LogP contribution < -0.4 is 5.32 Å². The van der Waals surface area contributed by atoms with Crippen molar-refractivity contribution in [2.24, 2.45) is 0 Å². The molecule has 5 nitrogen and oxygen atoms in total. The molecule has 2 aromatic carbocycles. The highest BCUT2D eigenvalue weighted by molar-refractivity contribution is 6.35. The second kappa shape index (κ2) is 7.70. The fourth-order valence-electron chi connectivity index (χ4n) is 3.15. The topological polar surface area (TPSA) is 60.1 Å². The zero-order valence-corrected chi connectivity index (χ0v) is 16.5. The maximum absolute atomic E-state index is 12.4. The van der Waals surface area contributed by atoms with Crippen LogP contribution in [0.4, 0.5) is 0 Å². The van der Waals surface area contributed by atoms with Crippen LogP contribution >= 0.6 is 23.2 Å². The van der Waals surface area contributed by atoms with Gasteiger partial charge in [0.25, 0.3) is 5.91 Å². The Kier molecular flexibility index (Phi) is 5.11. The molecule has 0 saturated heterocycles. The van der Waals surface area contributed by atoms with Crippen molar-refractivity contribution in [1.29, 1.82) is 0 Å². The molecule has 2 aromatic heterocycles. The second-order valence-electron chi connectivity index (χ2n) is 6.45. The molecular formula is C21H17Cl2N3O2. The molecule has 1 amide bonds. The minimum atomic E-state index is -0.337. The molecule has 0 saturated carbocycles. The Morgan fingerprint density at radius 2 is 2.00 bits per heavy atom. The third kappa shape index (κ3) is 3.63. The number of hydrogen-bond donors (Lipinski definition) is 1. The number of imidazole rings is 1. The Bertz CT molecular complexity index is 1140. The minimum absolute atomic E-state index is 0.259. The summed E-state index contributed by atoms with van der Waals surface area (Å²) in [4.78, 5) is 17.1. The lowest BCUT2D eigenvalue weighted by Crippen LogP contribution is -2.28. The van der Waals surface area contributed by atoms with Gasteiger partial charge in [-0.25, -0.2) is 4.98 Å². The standard InChI is InChI=1S/C21H17Cl2N3O2/c1-13(24-21(27)19-7-4-10-28-19)20-25-17-5-2-3-6-18(17)26(20)12-14-8-9-15(22)11-16(14)23/h2-11,13H,12H2,1H3,(H,24,27). The summed E-state index contributed by atoms with van der Waals surface area (Å²) in [7, 11) is 0. The Morgan fingerprint density at radius 1 is 1.18 bits per heavy atom. The average molecular weight is 414 g/mol. The average Bonchev–Trinajstić information content (AvgIpc) is 3.32. The number of aromatic nitrogens is 2. The van der Waals surface area contributed by atoms with E-state index in [0.29, 0.717) is 16.6 Å². The Morgan fingerprint density at radius 3 is 2.75 bits per heavy atom. The molecule has 2 heterocycles. The van der Waals surface area contributed by atoms with Gasteiger partial charge in [-0.2, -0.15) is 0 Å². The molecule has 1 unspecified atom stereocenters. The fraction of sp³-hybridized carbons (Fsp3) is 0.143. The number of carbonyl (C=O) groups excluding carboxylic acids is 1. The molecule has 4 aromatic rings. The van der Waals surface area contributed by atoms with Gasteiger partial charge in [0.2, 0.25) is 0 Å². The van der Waals surface area contributed by atoms with Crippen molar-refractivity contribution in [3.05, 3.63) is 88.1 Å². The molecule has 1 N–H and O–H groups in total. The van der Waals surface area contributed by atoms with Crippen molar-refractivity contribution in [2.75, 3.05) is 0 Å². The van der Waals surface area contributed by atoms with Gasteiger partial charge in [-0.1, -0.05) is 41.4 Å². The lowest BCUT2D eigenvalue weighted by atomic mass is 10.2. The number of amides is 1. The van der Waals surface area contributed by atoms with E-state index in [2.05, 4.69) is 9.88 Å². The van der Waals surface area contributed by atoms with Crippen molar-refractivity contribution in [3.8, 4) is 0 Å². The Hall–Kier alpha value is -2.76. The van der Waals surface area contributed by atoms with Crippen LogP contribution in [0.5, 0.6) is 0 Å². The zero-order valence-electron chi connectivity index (χ0n) is 15.0. The van der Waals surface area contributed by atoms with E-state index in [1.807, 2.05) is 43.3 Å². The van der Waals surface area contributed by atoms with E-state index in [0.717, 1.165) is 22.4 Å². The van der Waals surface area contributed by atoms with Crippen molar-refractivity contribution < 1.29 is 9.21 Å². The van der Waals surface area contributed by atoms with Crippen LogP contribution in [-0.2, 0) is 6.54 Å². The van der Waals surface area contributed by atoms with Gasteiger partial charge in [0.15, 0.2) is 5.76 Å². The molecule has 4 rings (SSSR count). The van der Waals surface area contributed by atoms with E-state index < -0.39 is 0 Å². The Balaban J connectivity index is 1.71. The highest BCUT2D eigenvalue weighted by Crippen LogP contribution is 2.26. The highest BCUT2D eigenvalue weighted by atomic mass is 35.5. The van der Waals surface area contributed by atoms with Crippen LogP contribution in [0.2, 0.25) is 10.0 Å². The summed E-state index contributed by atoms with van der Waals surface area (Å²) >= 11 is 12.4. The summed E-state index contributed by atoms with van der Waals surface area (Å²) in [5, 5.41) is 4.11. The number of rotatable bonds is 5. The zero-order chi connectivity index (χ0) is 19.7. The number of nitrogens with zero attached hydrogens (tertiary/aromatic N) is 2. The van der Waals surface area contributed by atoms with E-state index in [-0.39, 0.29) is 17.7 Å². The van der Waals surface area contributed by atoms with Gasteiger partial charge >= 0.3 is 0 Å². The van der Waals surface area contributed by atoms with E-state index in [1.54, 1.807) is 18.2 Å². The first-order valence-corrected chi connectivity index (χ1v) is 9.52. The number of furan rings is 1. The summed E-state index contributed by atoms with van der Waals surface area (Å²) in [6.45, 7) is 2.40. The monoisotopic (exact) mass is 413 g/mol. The maximum Gasteiger partial charge on any atom is 0.287 e. The number of halogens is 2. The minimum Gasteiger partial charge on any atom is -0.459 e. The van der Waals surface area contributed by atoms with Crippen LogP contribution in [-0.4, -0.2) is 15.5 Å². The van der Waals surface area contributed by atoms with Crippen molar-refractivity contribution in [1.82, 2.24) is 14.9 Å². The number of fused-ring (bicyclic) bond motifs is 1. The van der Waals surface area contributed by atoms with Crippen LogP contribution in [0, 0.1) is 0 Å². The number of carbonyl (C=O) groups is 1. The predicted molar refractivity (Wildman–Crippen MR) is 110 cm³/mol. The third-order valence-electron chi connectivity index (χ3n) is 4.51. The molecule has 7 heteroatoms. The van der Waals surface area contributed by atoms with Crippen molar-refractivity contribution in [3.63, 3.8) is 0 Å². The first-order chi connectivity index (χ1) is 13.5. The predicted octanol–water partition coefficient (Wildman–Crippen LogP) is 5.48. The van der Waals surface area contributed by atoms with E-state index in [9.17, 15) is 4.79 Å². The Labute approximate surface area is 171 Å². The van der Waals surface area contributed by atoms with E-state index >= 15 is 0 Å². The van der Waals surface area contributed by atoms with Crippen LogP contribution in [0.15, 0.2) is 65.3 Å². The normalized spacial score (nSPS) is 12.2. The molecule has 142 valence electrons. The van der Waals surface area contributed by atoms with Gasteiger partial charge in [0.05, 0.1) is 29.9 Å². The molecule has 0 spiro atoms. The van der Waals surface area contributed by atoms with Gasteiger partial charge in [-0.05, 0) is 48.9 Å². The molecule has 0 aliphatic carbocycles. The maximum atomic E-state index is 12.4. The van der Waals surface area contributed by atoms with Gasteiger partial charge in [0, 0.05) is 10.0 Å². The largest absolute Gasteiger partial charge is 0.459 e. The van der Waals surface area contributed by atoms with E-state index in [1.165, 1.54) is 6.26 Å². The molecule has 0 aliphatic rings. The first-order valence-electron chi connectivity index (χ1n) is 8.76. The van der Waals surface area contributed by atoms with Crippen LogP contribution in [0.3, 0.4) is 0 Å². The molecule has 1 atom stereocenters. The third-order valence-corrected chi connectivity index (χ3v) is 5.09. The smallest absolute Gasteiger partial charge is 0.287 e. The van der Waals surface area contributed by atoms with Gasteiger partial charge in [-0.15, -0.1) is 0 Å². The van der Waals surface area contributed by atoms with Gasteiger partial charge in [0.1, 0.15) is 5.82 Å². The molecule has 28 heavy (non-hydrogen) atoms. The second-order valence-corrected chi connectivity index (χ2v) is 7.30. The SMILES string of the molecule is CC(NC(=O)c1ccco1)c1nc2ccccc2n1Cc1ccc(Cl)cc1Cl. The highest BCUT2D eigenvalue weighted by Gasteiger charge is 2.20. The summed E-state index contributed by atoms with van der Waals surface area (Å²) in [5.41, 5.74) is 2.73. The molecular weight excluding hydrogens is 397 g/mol. The summed E-state index contributed by atoms with van der Waals surface area (Å²) in [5.74, 6) is 0.697. The number of para-hydroxylation sites is 2. The summed E-state index contributed by atoms with van der Waals surface area (Å²) < 4.78 is 7.23. The fourth-order valence-corrected chi connectivity index (χ4v) is 3.62. The summed E-state index contributed by atoms with van der Waals surface area (Å²) in [6, 6.07) is 16.2. The lowest BCUT2D eigenvalue weighted by molar-refractivity contribution is 0.0909. The van der Waals surface area contributed by atoms with Crippen LogP contribution in [0.25, 0.3) is 11.0 Å². The molecule has 0 radical (unpaired) electrons. The van der Waals surface area contributed by atoms with Crippen LogP contribution in [0.1, 0.15) is 34.9 Å². The molecule has 0 bridgehead atoms. The van der Waals surface area contributed by atoms with Crippen molar-refractivity contribution >= 4 is 40.1 Å². The summed E-state index contributed by atoms with van der Waals surface area (Å²) in [6.07, 6.45) is 1.47.